The van der Waals surface area contributed by atoms with Crippen LogP contribution >= 0.6 is 11.6 Å². The summed E-state index contributed by atoms with van der Waals surface area (Å²) in [5, 5.41) is 5.46. The predicted octanol–water partition coefficient (Wildman–Crippen LogP) is 3.08. The van der Waals surface area contributed by atoms with Crippen LogP contribution in [0.15, 0.2) is 42.5 Å². The average molecular weight is 375 g/mol. The number of amides is 2. The second kappa shape index (κ2) is 9.01. The number of nitrogens with one attached hydrogen (secondary N) is 2. The van der Waals surface area contributed by atoms with Crippen molar-refractivity contribution in [3.05, 3.63) is 64.2 Å². The highest BCUT2D eigenvalue weighted by Crippen LogP contribution is 2.23. The highest BCUT2D eigenvalue weighted by Gasteiger charge is 2.14. The fourth-order valence-corrected chi connectivity index (χ4v) is 2.34. The van der Waals surface area contributed by atoms with Crippen LogP contribution in [0.5, 0.6) is 0 Å². The minimum Gasteiger partial charge on any atom is -0.465 e. The van der Waals surface area contributed by atoms with Crippen molar-refractivity contribution in [1.29, 1.82) is 0 Å². The van der Waals surface area contributed by atoms with Crippen molar-refractivity contribution in [2.75, 3.05) is 12.4 Å². The van der Waals surface area contributed by atoms with Gasteiger partial charge in [-0.25, -0.2) is 4.79 Å². The van der Waals surface area contributed by atoms with Crippen LogP contribution in [0.3, 0.4) is 0 Å². The molecule has 7 heteroatoms. The molecule has 0 atom stereocenters. The quantitative estimate of drug-likeness (QED) is 0.601. The van der Waals surface area contributed by atoms with Gasteiger partial charge < -0.3 is 15.4 Å². The number of anilines is 1. The van der Waals surface area contributed by atoms with Crippen LogP contribution in [0.1, 0.15) is 27.9 Å². The Hall–Kier alpha value is -2.86. The molecule has 0 heterocycles. The highest BCUT2D eigenvalue weighted by molar-refractivity contribution is 6.34. The van der Waals surface area contributed by atoms with Crippen LogP contribution in [0, 0.1) is 6.92 Å². The van der Waals surface area contributed by atoms with Gasteiger partial charge in [-0.2, -0.15) is 0 Å². The summed E-state index contributed by atoms with van der Waals surface area (Å²) in [6, 6.07) is 12.1. The number of hydrogen-bond acceptors (Lipinski definition) is 4. The summed E-state index contributed by atoms with van der Waals surface area (Å²) in [6.07, 6.45) is -0.357. The predicted molar refractivity (Wildman–Crippen MR) is 99.1 cm³/mol. The van der Waals surface area contributed by atoms with Crippen LogP contribution < -0.4 is 10.6 Å². The number of esters is 1. The van der Waals surface area contributed by atoms with E-state index in [4.69, 9.17) is 11.6 Å². The van der Waals surface area contributed by atoms with Crippen LogP contribution in [0.25, 0.3) is 0 Å². The van der Waals surface area contributed by atoms with Crippen molar-refractivity contribution in [3.8, 4) is 0 Å². The summed E-state index contributed by atoms with van der Waals surface area (Å²) in [7, 11) is 1.26. The van der Waals surface area contributed by atoms with E-state index in [0.29, 0.717) is 6.54 Å². The fourth-order valence-electron chi connectivity index (χ4n) is 2.18. The molecule has 2 aromatic rings. The third-order valence-corrected chi connectivity index (χ3v) is 3.92. The zero-order chi connectivity index (χ0) is 19.1. The Balaban J connectivity index is 1.90. The number of halogens is 1. The number of ether oxygens (including phenoxy) is 1. The van der Waals surface area contributed by atoms with Crippen molar-refractivity contribution in [2.24, 2.45) is 0 Å². The molecular weight excluding hydrogens is 356 g/mol. The van der Waals surface area contributed by atoms with Crippen molar-refractivity contribution >= 4 is 35.1 Å². The molecule has 2 rings (SSSR count). The molecule has 2 N–H and O–H groups in total. The Morgan fingerprint density at radius 2 is 1.73 bits per heavy atom. The van der Waals surface area contributed by atoms with Gasteiger partial charge in [0.2, 0.25) is 11.8 Å². The summed E-state index contributed by atoms with van der Waals surface area (Å²) in [4.78, 5) is 35.5. The molecule has 0 radical (unpaired) electrons. The first-order valence-corrected chi connectivity index (χ1v) is 8.27. The van der Waals surface area contributed by atoms with Crippen molar-refractivity contribution in [2.45, 2.75) is 19.9 Å². The smallest absolute Gasteiger partial charge is 0.337 e. The van der Waals surface area contributed by atoms with E-state index in [1.807, 2.05) is 31.2 Å². The molecule has 0 saturated carbocycles. The molecular formula is C19H19ClN2O4. The van der Waals surface area contributed by atoms with Gasteiger partial charge in [-0.3, -0.25) is 9.59 Å². The Bertz CT molecular complexity index is 819. The van der Waals surface area contributed by atoms with Crippen molar-refractivity contribution in [1.82, 2.24) is 5.32 Å². The number of carbonyl (C=O) groups excluding carboxylic acids is 3. The van der Waals surface area contributed by atoms with Gasteiger partial charge in [-0.15, -0.1) is 0 Å². The average Bonchev–Trinajstić information content (AvgIpc) is 2.62. The third-order valence-electron chi connectivity index (χ3n) is 3.59. The number of benzene rings is 2. The SMILES string of the molecule is COC(=O)c1ccc(Cl)c(NC(=O)CC(=O)NCc2ccc(C)cc2)c1. The molecule has 0 aliphatic heterocycles. The zero-order valence-electron chi connectivity index (χ0n) is 14.5. The molecule has 0 aliphatic rings. The van der Waals surface area contributed by atoms with E-state index in [0.717, 1.165) is 11.1 Å². The van der Waals surface area contributed by atoms with Gasteiger partial charge in [0.15, 0.2) is 0 Å². The number of rotatable bonds is 6. The molecule has 0 spiro atoms. The summed E-state index contributed by atoms with van der Waals surface area (Å²) in [6.45, 7) is 2.32. The normalized spacial score (nSPS) is 10.1. The lowest BCUT2D eigenvalue weighted by Crippen LogP contribution is -2.27. The van der Waals surface area contributed by atoms with Crippen molar-refractivity contribution < 1.29 is 19.1 Å². The lowest BCUT2D eigenvalue weighted by Gasteiger charge is -2.09. The van der Waals surface area contributed by atoms with E-state index in [1.165, 1.54) is 25.3 Å². The maximum absolute atomic E-state index is 12.0. The number of carbonyl (C=O) groups is 3. The summed E-state index contributed by atoms with van der Waals surface area (Å²) >= 11 is 6.01. The van der Waals surface area contributed by atoms with E-state index in [1.54, 1.807) is 0 Å². The Kier molecular flexibility index (Phi) is 6.74. The maximum atomic E-state index is 12.0. The van der Waals surface area contributed by atoms with E-state index in [9.17, 15) is 14.4 Å². The van der Waals surface area contributed by atoms with E-state index < -0.39 is 17.8 Å². The lowest BCUT2D eigenvalue weighted by atomic mass is 10.1. The summed E-state index contributed by atoms with van der Waals surface area (Å²) in [5.74, 6) is -1.49. The highest BCUT2D eigenvalue weighted by atomic mass is 35.5. The Morgan fingerprint density at radius 3 is 2.38 bits per heavy atom. The van der Waals surface area contributed by atoms with Gasteiger partial charge in [-0.05, 0) is 30.7 Å². The van der Waals surface area contributed by atoms with E-state index >= 15 is 0 Å². The van der Waals surface area contributed by atoms with E-state index in [-0.39, 0.29) is 22.7 Å². The molecule has 2 aromatic carbocycles. The first kappa shape index (κ1) is 19.5. The maximum Gasteiger partial charge on any atom is 0.337 e. The van der Waals surface area contributed by atoms with Gasteiger partial charge in [0.1, 0.15) is 6.42 Å². The van der Waals surface area contributed by atoms with Crippen LogP contribution in [0.2, 0.25) is 5.02 Å². The van der Waals surface area contributed by atoms with Crippen LogP contribution in [-0.2, 0) is 20.9 Å². The minimum absolute atomic E-state index is 0.242. The number of hydrogen-bond donors (Lipinski definition) is 2. The molecule has 0 unspecified atom stereocenters. The molecule has 6 nitrogen and oxygen atoms in total. The summed E-state index contributed by atoms with van der Waals surface area (Å²) in [5.41, 5.74) is 2.56. The largest absolute Gasteiger partial charge is 0.465 e. The molecule has 0 bridgehead atoms. The molecule has 0 saturated heterocycles. The van der Waals surface area contributed by atoms with Gasteiger partial charge in [0, 0.05) is 6.54 Å². The third kappa shape index (κ3) is 5.60. The fraction of sp³-hybridized carbons (Fsp3) is 0.211. The van der Waals surface area contributed by atoms with Gasteiger partial charge >= 0.3 is 5.97 Å². The molecule has 2 amide bonds. The minimum atomic E-state index is -0.548. The second-order valence-corrected chi connectivity index (χ2v) is 6.08. The van der Waals surface area contributed by atoms with Gasteiger partial charge in [0.05, 0.1) is 23.4 Å². The Labute approximate surface area is 156 Å². The zero-order valence-corrected chi connectivity index (χ0v) is 15.2. The summed E-state index contributed by atoms with van der Waals surface area (Å²) < 4.78 is 4.62. The monoisotopic (exact) mass is 374 g/mol. The topological polar surface area (TPSA) is 84.5 Å². The van der Waals surface area contributed by atoms with Crippen LogP contribution in [0.4, 0.5) is 5.69 Å². The van der Waals surface area contributed by atoms with E-state index in [2.05, 4.69) is 15.4 Å². The van der Waals surface area contributed by atoms with Crippen molar-refractivity contribution in [3.63, 3.8) is 0 Å². The molecule has 26 heavy (non-hydrogen) atoms. The standard InChI is InChI=1S/C19H19ClN2O4/c1-12-3-5-13(6-4-12)11-21-17(23)10-18(24)22-16-9-14(19(25)26-2)7-8-15(16)20/h3-9H,10-11H2,1-2H3,(H,21,23)(H,22,24). The lowest BCUT2D eigenvalue weighted by molar-refractivity contribution is -0.126. The Morgan fingerprint density at radius 1 is 1.04 bits per heavy atom. The number of methoxy groups -OCH3 is 1. The molecule has 136 valence electrons. The number of aryl methyl sites for hydroxylation is 1. The first-order chi connectivity index (χ1) is 12.4. The van der Waals surface area contributed by atoms with Gasteiger partial charge in [-0.1, -0.05) is 41.4 Å². The first-order valence-electron chi connectivity index (χ1n) is 7.89. The second-order valence-electron chi connectivity index (χ2n) is 5.67. The molecule has 0 fully saturated rings. The van der Waals surface area contributed by atoms with Crippen LogP contribution in [-0.4, -0.2) is 24.9 Å². The van der Waals surface area contributed by atoms with Gasteiger partial charge in [0.25, 0.3) is 0 Å². The molecule has 0 aromatic heterocycles. The molecule has 0 aliphatic carbocycles.